The Balaban J connectivity index is 2.76. The largest absolute Gasteiger partial charge is 0.464 e. The van der Waals surface area contributed by atoms with E-state index in [1.54, 1.807) is 40.7 Å². The summed E-state index contributed by atoms with van der Waals surface area (Å²) in [7, 11) is 1.22. The molecule has 0 aliphatic rings. The van der Waals surface area contributed by atoms with E-state index >= 15 is 0 Å². The molecule has 9 heteroatoms. The van der Waals surface area contributed by atoms with Gasteiger partial charge in [0, 0.05) is 23.4 Å². The van der Waals surface area contributed by atoms with Crippen molar-refractivity contribution in [2.24, 2.45) is 0 Å². The van der Waals surface area contributed by atoms with Crippen LogP contribution in [0.25, 0.3) is 11.1 Å². The van der Waals surface area contributed by atoms with Crippen LogP contribution in [0, 0.1) is 24.0 Å². The Bertz CT molecular complexity index is 972. The molecule has 1 aromatic heterocycles. The van der Waals surface area contributed by atoms with E-state index in [4.69, 9.17) is 9.47 Å². The second-order valence-electron chi connectivity index (χ2n) is 7.19. The van der Waals surface area contributed by atoms with E-state index in [2.05, 4.69) is 15.9 Å². The second-order valence-corrected chi connectivity index (χ2v) is 7.98. The summed E-state index contributed by atoms with van der Waals surface area (Å²) >= 11 is 3.40. The van der Waals surface area contributed by atoms with Gasteiger partial charge in [-0.15, -0.1) is 0 Å². The summed E-state index contributed by atoms with van der Waals surface area (Å²) in [5.74, 6) is -0.716. The zero-order chi connectivity index (χ0) is 21.4. The average molecular weight is 453 g/mol. The third-order valence-corrected chi connectivity index (χ3v) is 4.77. The maximum atomic E-state index is 12.8. The number of aryl methyl sites for hydroxylation is 1. The molecule has 0 N–H and O–H groups in total. The van der Waals surface area contributed by atoms with Crippen LogP contribution in [0.4, 0.5) is 10.5 Å². The van der Waals surface area contributed by atoms with Crippen LogP contribution in [0.15, 0.2) is 22.7 Å². The van der Waals surface area contributed by atoms with Crippen LogP contribution in [0.5, 0.6) is 0 Å². The maximum Gasteiger partial charge on any atom is 0.419 e. The first-order chi connectivity index (χ1) is 12.9. The number of ether oxygens (including phenoxy) is 2. The molecule has 0 saturated heterocycles. The molecule has 0 atom stereocenters. The molecule has 0 bridgehead atoms. The Morgan fingerprint density at radius 3 is 2.29 bits per heavy atom. The Morgan fingerprint density at radius 2 is 1.82 bits per heavy atom. The molecule has 2 rings (SSSR count). The molecule has 0 amide bonds. The van der Waals surface area contributed by atoms with Gasteiger partial charge in [0.2, 0.25) is 0 Å². The molecule has 0 saturated carbocycles. The van der Waals surface area contributed by atoms with Crippen LogP contribution in [0.3, 0.4) is 0 Å². The molecule has 2 aromatic rings. The molecule has 0 aliphatic carbocycles. The summed E-state index contributed by atoms with van der Waals surface area (Å²) in [6.07, 6.45) is -0.725. The Hall–Kier alpha value is -2.68. The number of nitro benzene ring substituents is 1. The highest BCUT2D eigenvalue weighted by molar-refractivity contribution is 9.10. The van der Waals surface area contributed by atoms with Gasteiger partial charge in [0.1, 0.15) is 5.60 Å². The standard InChI is InChI=1S/C19H21BrN2O6/c1-10-9-12(22(25)26)7-8-13(10)14-11(2)21(18(24)28-19(3,4)5)16(15(14)20)17(23)27-6/h7-9H,1-6H3. The highest BCUT2D eigenvalue weighted by Gasteiger charge is 2.31. The van der Waals surface area contributed by atoms with E-state index in [9.17, 15) is 19.7 Å². The summed E-state index contributed by atoms with van der Waals surface area (Å²) < 4.78 is 11.8. The average Bonchev–Trinajstić information content (AvgIpc) is 2.83. The molecular weight excluding hydrogens is 432 g/mol. The molecule has 0 aliphatic heterocycles. The van der Waals surface area contributed by atoms with Gasteiger partial charge in [0.15, 0.2) is 5.69 Å². The zero-order valence-corrected chi connectivity index (χ0v) is 18.0. The fraction of sp³-hybridized carbons (Fsp3) is 0.368. The van der Waals surface area contributed by atoms with Gasteiger partial charge in [0.25, 0.3) is 5.69 Å². The molecule has 150 valence electrons. The highest BCUT2D eigenvalue weighted by Crippen LogP contribution is 2.39. The number of esters is 1. The van der Waals surface area contributed by atoms with Gasteiger partial charge in [-0.25, -0.2) is 14.2 Å². The van der Waals surface area contributed by atoms with E-state index in [0.717, 1.165) is 4.57 Å². The number of carbonyl (C=O) groups is 2. The van der Waals surface area contributed by atoms with Crippen molar-refractivity contribution in [2.75, 3.05) is 7.11 Å². The summed E-state index contributed by atoms with van der Waals surface area (Å²) in [6, 6.07) is 4.39. The number of nitro groups is 1. The Morgan fingerprint density at radius 1 is 1.21 bits per heavy atom. The topological polar surface area (TPSA) is 101 Å². The van der Waals surface area contributed by atoms with Crippen molar-refractivity contribution in [3.63, 3.8) is 0 Å². The van der Waals surface area contributed by atoms with Gasteiger partial charge < -0.3 is 9.47 Å². The molecule has 0 fully saturated rings. The van der Waals surface area contributed by atoms with Gasteiger partial charge in [-0.2, -0.15) is 0 Å². The van der Waals surface area contributed by atoms with E-state index in [0.29, 0.717) is 26.9 Å². The predicted molar refractivity (Wildman–Crippen MR) is 107 cm³/mol. The Kier molecular flexibility index (Phi) is 5.98. The number of non-ortho nitro benzene ring substituents is 1. The summed E-state index contributed by atoms with van der Waals surface area (Å²) in [4.78, 5) is 35.7. The number of hydrogen-bond acceptors (Lipinski definition) is 6. The first kappa shape index (κ1) is 21.6. The lowest BCUT2D eigenvalue weighted by Crippen LogP contribution is -2.29. The van der Waals surface area contributed by atoms with Crippen LogP contribution >= 0.6 is 15.9 Å². The number of carbonyl (C=O) groups excluding carboxylic acids is 2. The van der Waals surface area contributed by atoms with Crippen LogP contribution in [-0.4, -0.2) is 34.3 Å². The number of methoxy groups -OCH3 is 1. The van der Waals surface area contributed by atoms with E-state index in [1.165, 1.54) is 19.2 Å². The van der Waals surface area contributed by atoms with Gasteiger partial charge in [-0.05, 0) is 67.7 Å². The number of nitrogens with zero attached hydrogens (tertiary/aromatic N) is 2. The third kappa shape index (κ3) is 4.09. The lowest BCUT2D eigenvalue weighted by Gasteiger charge is -2.21. The smallest absolute Gasteiger partial charge is 0.419 e. The molecule has 1 heterocycles. The number of rotatable bonds is 3. The fourth-order valence-electron chi connectivity index (χ4n) is 2.82. The summed E-state index contributed by atoms with van der Waals surface area (Å²) in [5.41, 5.74) is 1.43. The molecule has 28 heavy (non-hydrogen) atoms. The monoisotopic (exact) mass is 452 g/mol. The first-order valence-electron chi connectivity index (χ1n) is 8.37. The van der Waals surface area contributed by atoms with Gasteiger partial charge in [-0.1, -0.05) is 0 Å². The van der Waals surface area contributed by atoms with Crippen molar-refractivity contribution in [1.29, 1.82) is 0 Å². The van der Waals surface area contributed by atoms with E-state index in [-0.39, 0.29) is 11.4 Å². The highest BCUT2D eigenvalue weighted by atomic mass is 79.9. The van der Waals surface area contributed by atoms with Crippen LogP contribution in [-0.2, 0) is 9.47 Å². The third-order valence-electron chi connectivity index (χ3n) is 3.99. The molecule has 0 radical (unpaired) electrons. The van der Waals surface area contributed by atoms with Crippen molar-refractivity contribution in [2.45, 2.75) is 40.2 Å². The maximum absolute atomic E-state index is 12.8. The lowest BCUT2D eigenvalue weighted by molar-refractivity contribution is -0.384. The molecule has 8 nitrogen and oxygen atoms in total. The number of halogens is 1. The fourth-order valence-corrected chi connectivity index (χ4v) is 3.66. The summed E-state index contributed by atoms with van der Waals surface area (Å²) in [6.45, 7) is 8.54. The zero-order valence-electron chi connectivity index (χ0n) is 16.5. The van der Waals surface area contributed by atoms with Crippen molar-refractivity contribution < 1.29 is 24.0 Å². The van der Waals surface area contributed by atoms with Crippen molar-refractivity contribution in [1.82, 2.24) is 4.57 Å². The van der Waals surface area contributed by atoms with Gasteiger partial charge in [-0.3, -0.25) is 10.1 Å². The van der Waals surface area contributed by atoms with Crippen LogP contribution < -0.4 is 0 Å². The molecular formula is C19H21BrN2O6. The lowest BCUT2D eigenvalue weighted by atomic mass is 10.00. The van der Waals surface area contributed by atoms with Crippen LogP contribution in [0.2, 0.25) is 0 Å². The van der Waals surface area contributed by atoms with Gasteiger partial charge in [0.05, 0.1) is 16.5 Å². The van der Waals surface area contributed by atoms with E-state index in [1.807, 2.05) is 0 Å². The molecule has 0 spiro atoms. The predicted octanol–water partition coefficient (Wildman–Crippen LogP) is 5.01. The minimum Gasteiger partial charge on any atom is -0.464 e. The quantitative estimate of drug-likeness (QED) is 0.368. The SMILES string of the molecule is COC(=O)c1c(Br)c(-c2ccc([N+](=O)[O-])cc2C)c(C)n1C(=O)OC(C)(C)C. The van der Waals surface area contributed by atoms with Crippen molar-refractivity contribution >= 4 is 33.7 Å². The molecule has 0 unspecified atom stereocenters. The Labute approximate surface area is 170 Å². The van der Waals surface area contributed by atoms with Gasteiger partial charge >= 0.3 is 12.1 Å². The van der Waals surface area contributed by atoms with E-state index < -0.39 is 22.6 Å². The number of aromatic nitrogens is 1. The molecule has 1 aromatic carbocycles. The summed E-state index contributed by atoms with van der Waals surface area (Å²) in [5, 5.41) is 11.0. The second kappa shape index (κ2) is 7.75. The minimum atomic E-state index is -0.767. The van der Waals surface area contributed by atoms with Crippen molar-refractivity contribution in [3.8, 4) is 11.1 Å². The van der Waals surface area contributed by atoms with Crippen molar-refractivity contribution in [3.05, 3.63) is 49.7 Å². The van der Waals surface area contributed by atoms with Crippen LogP contribution in [0.1, 0.15) is 42.5 Å². The normalized spacial score (nSPS) is 11.2. The number of hydrogen-bond donors (Lipinski definition) is 0. The number of benzene rings is 1. The first-order valence-corrected chi connectivity index (χ1v) is 9.16. The minimum absolute atomic E-state index is 0.0120.